The van der Waals surface area contributed by atoms with Crippen molar-refractivity contribution in [2.45, 2.75) is 19.5 Å². The van der Waals surface area contributed by atoms with Crippen molar-refractivity contribution in [3.8, 4) is 0 Å². The number of halogens is 4. The van der Waals surface area contributed by atoms with Gasteiger partial charge in [0, 0.05) is 13.6 Å². The van der Waals surface area contributed by atoms with E-state index in [-0.39, 0.29) is 28.6 Å². The minimum absolute atomic E-state index is 0.0185. The molecule has 2 aromatic heterocycles. The molecule has 0 atom stereocenters. The van der Waals surface area contributed by atoms with Gasteiger partial charge in [0.2, 0.25) is 5.82 Å². The first kappa shape index (κ1) is 17.9. The summed E-state index contributed by atoms with van der Waals surface area (Å²) >= 11 is 0. The lowest BCUT2D eigenvalue weighted by atomic mass is 10.3. The van der Waals surface area contributed by atoms with Crippen LogP contribution >= 0.6 is 0 Å². The Morgan fingerprint density at radius 3 is 2.46 bits per heavy atom. The Labute approximate surface area is 146 Å². The third-order valence-electron chi connectivity index (χ3n) is 3.63. The number of imidazole rings is 1. The first-order valence-corrected chi connectivity index (χ1v) is 7.88. The Balaban J connectivity index is 2.12. The highest BCUT2D eigenvalue weighted by atomic mass is 19.4. The molecular weight excluding hydrogens is 352 g/mol. The summed E-state index contributed by atoms with van der Waals surface area (Å²) in [6.45, 7) is 2.45. The van der Waals surface area contributed by atoms with Crippen LogP contribution in [0.1, 0.15) is 19.2 Å². The third kappa shape index (κ3) is 3.39. The Bertz CT molecular complexity index is 934. The molecule has 6 nitrogen and oxygen atoms in total. The van der Waals surface area contributed by atoms with E-state index in [2.05, 4.69) is 25.6 Å². The fraction of sp³-hybridized carbons (Fsp3) is 0.312. The van der Waals surface area contributed by atoms with Crippen LogP contribution < -0.4 is 10.6 Å². The monoisotopic (exact) mass is 368 g/mol. The maximum atomic E-state index is 13.9. The van der Waals surface area contributed by atoms with E-state index in [0.29, 0.717) is 6.54 Å². The SMILES string of the molecule is CCCNc1nc2c(nc1Nc1ccccc1F)nc(C(F)(F)F)n2C. The molecule has 138 valence electrons. The molecule has 10 heteroatoms. The summed E-state index contributed by atoms with van der Waals surface area (Å²) < 4.78 is 53.9. The molecule has 0 aliphatic heterocycles. The zero-order valence-corrected chi connectivity index (χ0v) is 14.0. The standard InChI is InChI=1S/C16H16F4N6/c1-3-8-21-11-12(22-10-7-5-4-6-9(10)17)23-13-14(24-11)26(2)15(25-13)16(18,19)20/h4-7H,3,8H2,1-2H3,(H,21,24)(H,22,23). The van der Waals surface area contributed by atoms with Crippen LogP contribution in [0, 0.1) is 5.82 Å². The van der Waals surface area contributed by atoms with Crippen LogP contribution in [-0.2, 0) is 13.2 Å². The maximum absolute atomic E-state index is 13.9. The van der Waals surface area contributed by atoms with Gasteiger partial charge < -0.3 is 15.2 Å². The quantitative estimate of drug-likeness (QED) is 0.664. The summed E-state index contributed by atoms with van der Waals surface area (Å²) in [6, 6.07) is 5.90. The average molecular weight is 368 g/mol. The van der Waals surface area contributed by atoms with Gasteiger partial charge in [0.1, 0.15) is 5.82 Å². The van der Waals surface area contributed by atoms with E-state index >= 15 is 0 Å². The third-order valence-corrected chi connectivity index (χ3v) is 3.63. The molecule has 1 aromatic carbocycles. The lowest BCUT2D eigenvalue weighted by Gasteiger charge is -2.12. The normalized spacial score (nSPS) is 11.8. The highest BCUT2D eigenvalue weighted by molar-refractivity contribution is 5.78. The van der Waals surface area contributed by atoms with Crippen LogP contribution in [-0.4, -0.2) is 26.1 Å². The molecule has 0 bridgehead atoms. The van der Waals surface area contributed by atoms with E-state index in [1.165, 1.54) is 25.2 Å². The summed E-state index contributed by atoms with van der Waals surface area (Å²) in [7, 11) is 1.22. The zero-order chi connectivity index (χ0) is 18.9. The van der Waals surface area contributed by atoms with E-state index in [9.17, 15) is 17.6 Å². The number of hydrogen-bond donors (Lipinski definition) is 2. The molecule has 3 rings (SSSR count). The summed E-state index contributed by atoms with van der Waals surface area (Å²) in [5.41, 5.74) is -0.0663. The smallest absolute Gasteiger partial charge is 0.367 e. The number of nitrogens with one attached hydrogen (secondary N) is 2. The lowest BCUT2D eigenvalue weighted by molar-refractivity contribution is -0.146. The van der Waals surface area contributed by atoms with Crippen molar-refractivity contribution < 1.29 is 17.6 Å². The van der Waals surface area contributed by atoms with Crippen LogP contribution in [0.15, 0.2) is 24.3 Å². The van der Waals surface area contributed by atoms with Crippen molar-refractivity contribution >= 4 is 28.6 Å². The molecule has 0 aliphatic carbocycles. The molecule has 3 aromatic rings. The largest absolute Gasteiger partial charge is 0.449 e. The van der Waals surface area contributed by atoms with Crippen molar-refractivity contribution in [1.82, 2.24) is 19.5 Å². The predicted molar refractivity (Wildman–Crippen MR) is 89.8 cm³/mol. The molecule has 0 unspecified atom stereocenters. The molecule has 0 fully saturated rings. The summed E-state index contributed by atoms with van der Waals surface area (Å²) in [5.74, 6) is -1.30. The molecule has 26 heavy (non-hydrogen) atoms. The van der Waals surface area contributed by atoms with E-state index in [4.69, 9.17) is 0 Å². The second-order valence-corrected chi connectivity index (χ2v) is 5.59. The van der Waals surface area contributed by atoms with Gasteiger partial charge in [0.05, 0.1) is 5.69 Å². The van der Waals surface area contributed by atoms with Crippen LogP contribution in [0.3, 0.4) is 0 Å². The van der Waals surface area contributed by atoms with Crippen molar-refractivity contribution in [2.24, 2.45) is 7.05 Å². The molecule has 0 saturated carbocycles. The minimum Gasteiger partial charge on any atom is -0.367 e. The topological polar surface area (TPSA) is 67.7 Å². The molecule has 0 radical (unpaired) electrons. The van der Waals surface area contributed by atoms with Gasteiger partial charge in [-0.05, 0) is 18.6 Å². The second-order valence-electron chi connectivity index (χ2n) is 5.59. The van der Waals surface area contributed by atoms with E-state index < -0.39 is 17.8 Å². The lowest BCUT2D eigenvalue weighted by Crippen LogP contribution is -2.13. The number of anilines is 3. The van der Waals surface area contributed by atoms with Crippen LogP contribution in [0.4, 0.5) is 34.9 Å². The van der Waals surface area contributed by atoms with Crippen molar-refractivity contribution in [3.05, 3.63) is 35.9 Å². The van der Waals surface area contributed by atoms with Crippen molar-refractivity contribution in [3.63, 3.8) is 0 Å². The van der Waals surface area contributed by atoms with Gasteiger partial charge in [0.15, 0.2) is 22.9 Å². The first-order chi connectivity index (χ1) is 12.3. The molecule has 2 heterocycles. The fourth-order valence-corrected chi connectivity index (χ4v) is 2.39. The number of hydrogen-bond acceptors (Lipinski definition) is 5. The Morgan fingerprint density at radius 2 is 1.81 bits per heavy atom. The van der Waals surface area contributed by atoms with Crippen LogP contribution in [0.5, 0.6) is 0 Å². The second kappa shape index (κ2) is 6.77. The van der Waals surface area contributed by atoms with Crippen molar-refractivity contribution in [2.75, 3.05) is 17.2 Å². The highest BCUT2D eigenvalue weighted by Crippen LogP contribution is 2.32. The molecule has 0 saturated heterocycles. The number of alkyl halides is 3. The minimum atomic E-state index is -4.63. The van der Waals surface area contributed by atoms with Crippen LogP contribution in [0.25, 0.3) is 11.3 Å². The number of para-hydroxylation sites is 1. The highest BCUT2D eigenvalue weighted by Gasteiger charge is 2.37. The summed E-state index contributed by atoms with van der Waals surface area (Å²) in [5, 5.41) is 5.76. The van der Waals surface area contributed by atoms with Crippen LogP contribution in [0.2, 0.25) is 0 Å². The van der Waals surface area contributed by atoms with Crippen molar-refractivity contribution in [1.29, 1.82) is 0 Å². The van der Waals surface area contributed by atoms with E-state index in [1.54, 1.807) is 6.07 Å². The Hall–Kier alpha value is -2.91. The predicted octanol–water partition coefficient (Wildman–Crippen LogP) is 4.09. The van der Waals surface area contributed by atoms with Gasteiger partial charge in [-0.25, -0.2) is 19.3 Å². The zero-order valence-electron chi connectivity index (χ0n) is 14.0. The molecule has 0 spiro atoms. The van der Waals surface area contributed by atoms with Gasteiger partial charge in [-0.3, -0.25) is 0 Å². The number of aromatic nitrogens is 4. The van der Waals surface area contributed by atoms with E-state index in [0.717, 1.165) is 11.0 Å². The Morgan fingerprint density at radius 1 is 1.08 bits per heavy atom. The van der Waals surface area contributed by atoms with Gasteiger partial charge in [-0.15, -0.1) is 0 Å². The summed E-state index contributed by atoms with van der Waals surface area (Å²) in [4.78, 5) is 11.9. The fourth-order valence-electron chi connectivity index (χ4n) is 2.39. The number of fused-ring (bicyclic) bond motifs is 1. The van der Waals surface area contributed by atoms with E-state index in [1.807, 2.05) is 6.92 Å². The number of benzene rings is 1. The number of aryl methyl sites for hydroxylation is 1. The average Bonchev–Trinajstić information content (AvgIpc) is 2.91. The van der Waals surface area contributed by atoms with Gasteiger partial charge in [-0.2, -0.15) is 13.2 Å². The number of nitrogens with zero attached hydrogens (tertiary/aromatic N) is 4. The Kier molecular flexibility index (Phi) is 4.66. The number of rotatable bonds is 5. The van der Waals surface area contributed by atoms with Gasteiger partial charge in [0.25, 0.3) is 0 Å². The van der Waals surface area contributed by atoms with Gasteiger partial charge >= 0.3 is 6.18 Å². The molecule has 2 N–H and O–H groups in total. The summed E-state index contributed by atoms with van der Waals surface area (Å²) in [6.07, 6.45) is -3.87. The maximum Gasteiger partial charge on any atom is 0.449 e. The van der Waals surface area contributed by atoms with Gasteiger partial charge in [-0.1, -0.05) is 19.1 Å². The first-order valence-electron chi connectivity index (χ1n) is 7.88. The molecular formula is C16H16F4N6. The molecule has 0 amide bonds. The molecule has 0 aliphatic rings.